The zero-order valence-corrected chi connectivity index (χ0v) is 17.2. The van der Waals surface area contributed by atoms with Crippen LogP contribution in [0.25, 0.3) is 11.3 Å². The molecule has 0 atom stereocenters. The van der Waals surface area contributed by atoms with E-state index in [-0.39, 0.29) is 18.3 Å². The van der Waals surface area contributed by atoms with Gasteiger partial charge in [-0.3, -0.25) is 14.5 Å². The molecule has 4 rings (SSSR count). The first-order chi connectivity index (χ1) is 15.0. The molecule has 1 amide bonds. The summed E-state index contributed by atoms with van der Waals surface area (Å²) in [5, 5.41) is 6.99. The Labute approximate surface area is 179 Å². The molecule has 6 nitrogen and oxygen atoms in total. The fourth-order valence-electron chi connectivity index (χ4n) is 3.21. The molecule has 156 valence electrons. The van der Waals surface area contributed by atoms with E-state index in [1.165, 1.54) is 12.1 Å². The molecule has 0 saturated carbocycles. The van der Waals surface area contributed by atoms with Gasteiger partial charge in [-0.1, -0.05) is 18.2 Å². The van der Waals surface area contributed by atoms with Crippen molar-refractivity contribution >= 4 is 5.91 Å². The third kappa shape index (κ3) is 4.78. The Hall–Kier alpha value is -4.00. The number of aromatic nitrogens is 3. The van der Waals surface area contributed by atoms with Crippen LogP contribution in [0.4, 0.5) is 4.39 Å². The highest BCUT2D eigenvalue weighted by molar-refractivity contribution is 5.96. The van der Waals surface area contributed by atoms with Crippen LogP contribution in [0.2, 0.25) is 0 Å². The van der Waals surface area contributed by atoms with Gasteiger partial charge >= 0.3 is 0 Å². The number of amides is 1. The van der Waals surface area contributed by atoms with Gasteiger partial charge in [0.25, 0.3) is 5.91 Å². The molecule has 7 heteroatoms. The third-order valence-corrected chi connectivity index (χ3v) is 4.83. The number of carbonyl (C=O) groups is 1. The number of rotatable bonds is 6. The summed E-state index contributed by atoms with van der Waals surface area (Å²) in [6.45, 7) is 2.07. The van der Waals surface area contributed by atoms with E-state index in [9.17, 15) is 9.18 Å². The molecular weight excluding hydrogens is 395 g/mol. The summed E-state index contributed by atoms with van der Waals surface area (Å²) in [5.74, 6) is 0.593. The van der Waals surface area contributed by atoms with E-state index in [4.69, 9.17) is 4.74 Å². The van der Waals surface area contributed by atoms with E-state index in [1.807, 2.05) is 32.3 Å². The Bertz CT molecular complexity index is 1240. The molecule has 0 spiro atoms. The SMILES string of the molecule is Cc1c(Oc2ccnc(-c3cnn(C)c3)c2)cccc1C(=O)NCc1cccc(F)c1. The molecule has 2 aromatic heterocycles. The maximum Gasteiger partial charge on any atom is 0.251 e. The fraction of sp³-hybridized carbons (Fsp3) is 0.125. The monoisotopic (exact) mass is 416 g/mol. The van der Waals surface area contributed by atoms with Crippen molar-refractivity contribution in [2.75, 3.05) is 0 Å². The highest BCUT2D eigenvalue weighted by Crippen LogP contribution is 2.29. The number of hydrogen-bond acceptors (Lipinski definition) is 4. The van der Waals surface area contributed by atoms with E-state index >= 15 is 0 Å². The molecule has 31 heavy (non-hydrogen) atoms. The average Bonchev–Trinajstić information content (AvgIpc) is 3.20. The van der Waals surface area contributed by atoms with Crippen molar-refractivity contribution < 1.29 is 13.9 Å². The fourth-order valence-corrected chi connectivity index (χ4v) is 3.21. The van der Waals surface area contributed by atoms with Crippen molar-refractivity contribution in [1.82, 2.24) is 20.1 Å². The summed E-state index contributed by atoms with van der Waals surface area (Å²) in [7, 11) is 1.85. The van der Waals surface area contributed by atoms with Crippen LogP contribution in [-0.2, 0) is 13.6 Å². The summed E-state index contributed by atoms with van der Waals surface area (Å²) < 4.78 is 21.1. The van der Waals surface area contributed by atoms with Crippen LogP contribution in [0, 0.1) is 12.7 Å². The number of ether oxygens (including phenoxy) is 1. The molecule has 0 fully saturated rings. The topological polar surface area (TPSA) is 69.0 Å². The number of nitrogens with one attached hydrogen (secondary N) is 1. The van der Waals surface area contributed by atoms with E-state index in [2.05, 4.69) is 15.4 Å². The summed E-state index contributed by atoms with van der Waals surface area (Å²) in [6.07, 6.45) is 5.28. The zero-order chi connectivity index (χ0) is 21.8. The number of hydrogen-bond donors (Lipinski definition) is 1. The van der Waals surface area contributed by atoms with Crippen LogP contribution < -0.4 is 10.1 Å². The number of benzene rings is 2. The van der Waals surface area contributed by atoms with Crippen molar-refractivity contribution in [3.63, 3.8) is 0 Å². The van der Waals surface area contributed by atoms with Crippen molar-refractivity contribution in [1.29, 1.82) is 0 Å². The van der Waals surface area contributed by atoms with Crippen molar-refractivity contribution in [2.24, 2.45) is 7.05 Å². The molecule has 0 bridgehead atoms. The molecule has 0 aliphatic rings. The van der Waals surface area contributed by atoms with Crippen molar-refractivity contribution in [3.8, 4) is 22.8 Å². The zero-order valence-electron chi connectivity index (χ0n) is 17.2. The standard InChI is InChI=1S/C24H21FN4O2/c1-16-21(24(30)27-13-17-5-3-6-19(25)11-17)7-4-8-23(16)31-20-9-10-26-22(12-20)18-14-28-29(2)15-18/h3-12,14-15H,13H2,1-2H3,(H,27,30). The Morgan fingerprint density at radius 1 is 1.16 bits per heavy atom. The van der Waals surface area contributed by atoms with Gasteiger partial charge in [0.15, 0.2) is 0 Å². The van der Waals surface area contributed by atoms with Crippen LogP contribution in [0.3, 0.4) is 0 Å². The second kappa shape index (κ2) is 8.79. The van der Waals surface area contributed by atoms with E-state index in [1.54, 1.807) is 47.4 Å². The number of nitrogens with zero attached hydrogens (tertiary/aromatic N) is 3. The predicted octanol–water partition coefficient (Wildman–Crippen LogP) is 4.65. The maximum absolute atomic E-state index is 13.3. The normalized spacial score (nSPS) is 10.7. The lowest BCUT2D eigenvalue weighted by Crippen LogP contribution is -2.23. The molecule has 0 unspecified atom stereocenters. The number of pyridine rings is 1. The van der Waals surface area contributed by atoms with Gasteiger partial charge in [0, 0.05) is 48.7 Å². The van der Waals surface area contributed by atoms with Gasteiger partial charge in [0.05, 0.1) is 11.9 Å². The average molecular weight is 416 g/mol. The van der Waals surface area contributed by atoms with E-state index in [0.29, 0.717) is 28.2 Å². The van der Waals surface area contributed by atoms with E-state index in [0.717, 1.165) is 11.3 Å². The Balaban J connectivity index is 1.50. The quantitative estimate of drug-likeness (QED) is 0.497. The van der Waals surface area contributed by atoms with E-state index < -0.39 is 0 Å². The molecule has 0 aliphatic heterocycles. The minimum absolute atomic E-state index is 0.236. The molecule has 2 heterocycles. The Morgan fingerprint density at radius 3 is 2.77 bits per heavy atom. The minimum Gasteiger partial charge on any atom is -0.457 e. The highest BCUT2D eigenvalue weighted by Gasteiger charge is 2.14. The number of aryl methyl sites for hydroxylation is 1. The van der Waals surface area contributed by atoms with Gasteiger partial charge in [-0.05, 0) is 42.8 Å². The summed E-state index contributed by atoms with van der Waals surface area (Å²) in [5.41, 5.74) is 3.52. The second-order valence-electron chi connectivity index (χ2n) is 7.12. The van der Waals surface area contributed by atoms with Crippen molar-refractivity contribution in [3.05, 3.63) is 95.7 Å². The van der Waals surface area contributed by atoms with Crippen LogP contribution in [0.1, 0.15) is 21.5 Å². The molecule has 0 aliphatic carbocycles. The number of carbonyl (C=O) groups excluding carboxylic acids is 1. The maximum atomic E-state index is 13.3. The first kappa shape index (κ1) is 20.3. The first-order valence-corrected chi connectivity index (χ1v) is 9.75. The molecule has 4 aromatic rings. The predicted molar refractivity (Wildman–Crippen MR) is 115 cm³/mol. The van der Waals surface area contributed by atoms with Crippen LogP contribution in [0.15, 0.2) is 73.2 Å². The molecule has 1 N–H and O–H groups in total. The largest absolute Gasteiger partial charge is 0.457 e. The first-order valence-electron chi connectivity index (χ1n) is 9.75. The summed E-state index contributed by atoms with van der Waals surface area (Å²) in [4.78, 5) is 17.1. The highest BCUT2D eigenvalue weighted by atomic mass is 19.1. The lowest BCUT2D eigenvalue weighted by Gasteiger charge is -2.13. The molecule has 0 radical (unpaired) electrons. The number of halogens is 1. The van der Waals surface area contributed by atoms with Crippen LogP contribution in [-0.4, -0.2) is 20.7 Å². The smallest absolute Gasteiger partial charge is 0.251 e. The second-order valence-corrected chi connectivity index (χ2v) is 7.12. The van der Waals surface area contributed by atoms with Gasteiger partial charge in [-0.25, -0.2) is 4.39 Å². The summed E-state index contributed by atoms with van der Waals surface area (Å²) >= 11 is 0. The van der Waals surface area contributed by atoms with Crippen LogP contribution >= 0.6 is 0 Å². The van der Waals surface area contributed by atoms with Gasteiger partial charge in [0.1, 0.15) is 17.3 Å². The van der Waals surface area contributed by atoms with Gasteiger partial charge in [-0.15, -0.1) is 0 Å². The van der Waals surface area contributed by atoms with Crippen molar-refractivity contribution in [2.45, 2.75) is 13.5 Å². The van der Waals surface area contributed by atoms with Crippen LogP contribution in [0.5, 0.6) is 11.5 Å². The van der Waals surface area contributed by atoms with Gasteiger partial charge < -0.3 is 10.1 Å². The molecule has 0 saturated heterocycles. The molecule has 2 aromatic carbocycles. The summed E-state index contributed by atoms with van der Waals surface area (Å²) in [6, 6.07) is 15.0. The lowest BCUT2D eigenvalue weighted by atomic mass is 10.1. The van der Waals surface area contributed by atoms with Gasteiger partial charge in [0.2, 0.25) is 0 Å². The Kier molecular flexibility index (Phi) is 5.75. The van der Waals surface area contributed by atoms with Gasteiger partial charge in [-0.2, -0.15) is 5.10 Å². The lowest BCUT2D eigenvalue weighted by molar-refractivity contribution is 0.0950. The molecular formula is C24H21FN4O2. The minimum atomic E-state index is -0.332. The Morgan fingerprint density at radius 2 is 2.00 bits per heavy atom. The third-order valence-electron chi connectivity index (χ3n) is 4.83.